The quantitative estimate of drug-likeness (QED) is 0.563. The molecule has 0 spiro atoms. The number of nitrogens with zero attached hydrogens (tertiary/aromatic N) is 2. The number of anilines is 1. The highest BCUT2D eigenvalue weighted by Gasteiger charge is 2.50. The van der Waals surface area contributed by atoms with E-state index in [-0.39, 0.29) is 0 Å². The van der Waals surface area contributed by atoms with Crippen LogP contribution in [0.3, 0.4) is 0 Å². The van der Waals surface area contributed by atoms with Crippen molar-refractivity contribution in [1.29, 1.82) is 0 Å². The maximum Gasteiger partial charge on any atom is 0.329 e. The van der Waals surface area contributed by atoms with Gasteiger partial charge in [0.25, 0.3) is 5.91 Å². The fourth-order valence-electron chi connectivity index (χ4n) is 4.19. The number of imide groups is 1. The first-order valence-corrected chi connectivity index (χ1v) is 10.1. The van der Waals surface area contributed by atoms with Crippen molar-refractivity contribution >= 4 is 29.5 Å². The Morgan fingerprint density at radius 1 is 1.09 bits per heavy atom. The molecular formula is C23H23N3O6. The monoisotopic (exact) mass is 437 g/mol. The Bertz CT molecular complexity index is 1100. The number of methoxy groups -OCH3 is 2. The Hall–Kier alpha value is -3.88. The molecule has 32 heavy (non-hydrogen) atoms. The summed E-state index contributed by atoms with van der Waals surface area (Å²) in [5.41, 5.74) is 0.619. The van der Waals surface area contributed by atoms with Gasteiger partial charge in [0.05, 0.1) is 14.2 Å². The molecular weight excluding hydrogens is 414 g/mol. The van der Waals surface area contributed by atoms with Crippen LogP contribution in [0.5, 0.6) is 5.75 Å². The van der Waals surface area contributed by atoms with Crippen LogP contribution >= 0.6 is 0 Å². The summed E-state index contributed by atoms with van der Waals surface area (Å²) < 4.78 is 10.0. The number of urea groups is 1. The van der Waals surface area contributed by atoms with Crippen molar-refractivity contribution in [2.45, 2.75) is 24.9 Å². The highest BCUT2D eigenvalue weighted by Crippen LogP contribution is 2.34. The lowest BCUT2D eigenvalue weighted by atomic mass is 9.92. The Labute approximate surface area is 184 Å². The third-order valence-corrected chi connectivity index (χ3v) is 5.95. The molecule has 2 unspecified atom stereocenters. The van der Waals surface area contributed by atoms with Crippen LogP contribution in [-0.4, -0.2) is 55.5 Å². The van der Waals surface area contributed by atoms with Gasteiger partial charge < -0.3 is 14.8 Å². The van der Waals surface area contributed by atoms with Crippen LogP contribution in [0.4, 0.5) is 10.5 Å². The van der Waals surface area contributed by atoms with E-state index in [9.17, 15) is 19.2 Å². The van der Waals surface area contributed by atoms with Crippen molar-refractivity contribution in [3.8, 4) is 5.75 Å². The number of hydrogen-bond donors (Lipinski definition) is 1. The van der Waals surface area contributed by atoms with Gasteiger partial charge in [0.2, 0.25) is 5.91 Å². The summed E-state index contributed by atoms with van der Waals surface area (Å²) in [7, 11) is 2.79. The van der Waals surface area contributed by atoms with Crippen LogP contribution in [0.15, 0.2) is 48.5 Å². The highest BCUT2D eigenvalue weighted by molar-refractivity contribution is 6.11. The zero-order chi connectivity index (χ0) is 23.0. The molecule has 2 aliphatic heterocycles. The van der Waals surface area contributed by atoms with E-state index in [2.05, 4.69) is 5.32 Å². The van der Waals surface area contributed by atoms with Gasteiger partial charge in [-0.25, -0.2) is 9.59 Å². The molecule has 166 valence electrons. The third kappa shape index (κ3) is 3.35. The van der Waals surface area contributed by atoms with Crippen LogP contribution in [0, 0.1) is 0 Å². The lowest BCUT2D eigenvalue weighted by Crippen LogP contribution is -2.49. The molecule has 2 aromatic rings. The first-order chi connectivity index (χ1) is 15.3. The van der Waals surface area contributed by atoms with E-state index in [4.69, 9.17) is 9.47 Å². The molecule has 0 radical (unpaired) electrons. The Morgan fingerprint density at radius 3 is 2.44 bits per heavy atom. The molecule has 9 nitrogen and oxygen atoms in total. The minimum absolute atomic E-state index is 0.304. The lowest BCUT2D eigenvalue weighted by molar-refractivity contribution is -0.143. The molecule has 1 fully saturated rings. The Kier molecular flexibility index (Phi) is 5.33. The second-order valence-corrected chi connectivity index (χ2v) is 7.81. The molecule has 1 N–H and O–H groups in total. The number of nitrogens with one attached hydrogen (secondary N) is 1. The summed E-state index contributed by atoms with van der Waals surface area (Å²) in [6.45, 7) is 1.08. The molecule has 9 heteroatoms. The van der Waals surface area contributed by atoms with Gasteiger partial charge in [-0.2, -0.15) is 0 Å². The number of amides is 4. The molecule has 4 amide bonds. The number of benzene rings is 2. The molecule has 2 aliphatic rings. The third-order valence-electron chi connectivity index (χ3n) is 5.95. The fraction of sp³-hybridized carbons (Fsp3) is 0.304. The van der Waals surface area contributed by atoms with Crippen LogP contribution in [0.25, 0.3) is 0 Å². The summed E-state index contributed by atoms with van der Waals surface area (Å²) in [6, 6.07) is 12.4. The average molecular weight is 437 g/mol. The maximum absolute atomic E-state index is 13.2. The highest BCUT2D eigenvalue weighted by atomic mass is 16.5. The van der Waals surface area contributed by atoms with Gasteiger partial charge in [-0.15, -0.1) is 0 Å². The van der Waals surface area contributed by atoms with Gasteiger partial charge in [-0.05, 0) is 36.2 Å². The second-order valence-electron chi connectivity index (χ2n) is 7.81. The molecule has 0 bridgehead atoms. The number of esters is 1. The average Bonchev–Trinajstić information content (AvgIpc) is 3.30. The standard InChI is InChI=1S/C23H23N3O6/c1-23(15-8-10-16(31-2)11-9-15)21(29)25(22(30)24-23)13-19(27)26-17-7-5-4-6-14(17)12-18(26)20(28)32-3/h4-11,18H,12-13H2,1-3H3,(H,24,30). The van der Waals surface area contributed by atoms with Crippen LogP contribution < -0.4 is 15.0 Å². The number of ether oxygens (including phenoxy) is 2. The molecule has 1 saturated heterocycles. The number of hydrogen-bond acceptors (Lipinski definition) is 6. The molecule has 0 saturated carbocycles. The zero-order valence-corrected chi connectivity index (χ0v) is 18.0. The van der Waals surface area contributed by atoms with E-state index in [0.29, 0.717) is 23.4 Å². The molecule has 0 aromatic heterocycles. The van der Waals surface area contributed by atoms with E-state index in [0.717, 1.165) is 10.5 Å². The molecule has 2 aromatic carbocycles. The minimum atomic E-state index is -1.33. The summed E-state index contributed by atoms with van der Waals surface area (Å²) in [4.78, 5) is 53.6. The number of fused-ring (bicyclic) bond motifs is 1. The van der Waals surface area contributed by atoms with Gasteiger partial charge >= 0.3 is 12.0 Å². The number of carbonyl (C=O) groups is 4. The summed E-state index contributed by atoms with van der Waals surface area (Å²) >= 11 is 0. The number of para-hydroxylation sites is 1. The smallest absolute Gasteiger partial charge is 0.329 e. The fourth-order valence-corrected chi connectivity index (χ4v) is 4.19. The minimum Gasteiger partial charge on any atom is -0.497 e. The Morgan fingerprint density at radius 2 is 1.78 bits per heavy atom. The number of rotatable bonds is 5. The predicted octanol–water partition coefficient (Wildman–Crippen LogP) is 1.59. The van der Waals surface area contributed by atoms with Gasteiger partial charge in [0.15, 0.2) is 0 Å². The van der Waals surface area contributed by atoms with E-state index < -0.39 is 41.9 Å². The maximum atomic E-state index is 13.2. The second kappa shape index (κ2) is 7.99. The van der Waals surface area contributed by atoms with Crippen molar-refractivity contribution in [2.75, 3.05) is 25.7 Å². The summed E-state index contributed by atoms with van der Waals surface area (Å²) in [5.74, 6) is -1.05. The Balaban J connectivity index is 1.59. The molecule has 2 atom stereocenters. The van der Waals surface area contributed by atoms with Gasteiger partial charge in [-0.3, -0.25) is 19.4 Å². The van der Waals surface area contributed by atoms with Crippen molar-refractivity contribution in [3.63, 3.8) is 0 Å². The van der Waals surface area contributed by atoms with Crippen molar-refractivity contribution < 1.29 is 28.7 Å². The van der Waals surface area contributed by atoms with E-state index in [1.54, 1.807) is 43.3 Å². The van der Waals surface area contributed by atoms with Crippen LogP contribution in [0.2, 0.25) is 0 Å². The first-order valence-electron chi connectivity index (χ1n) is 10.1. The predicted molar refractivity (Wildman–Crippen MR) is 114 cm³/mol. The van der Waals surface area contributed by atoms with Crippen LogP contribution in [-0.2, 0) is 31.1 Å². The normalized spacial score (nSPS) is 21.9. The largest absolute Gasteiger partial charge is 0.497 e. The van der Waals surface area contributed by atoms with E-state index >= 15 is 0 Å². The molecule has 0 aliphatic carbocycles. The number of carbonyl (C=O) groups excluding carboxylic acids is 4. The van der Waals surface area contributed by atoms with Gasteiger partial charge in [0, 0.05) is 12.1 Å². The van der Waals surface area contributed by atoms with Crippen molar-refractivity contribution in [2.24, 2.45) is 0 Å². The van der Waals surface area contributed by atoms with Crippen LogP contribution in [0.1, 0.15) is 18.1 Å². The first kappa shape index (κ1) is 21.4. The summed E-state index contributed by atoms with van der Waals surface area (Å²) in [5, 5.41) is 2.68. The van der Waals surface area contributed by atoms with E-state index in [1.807, 2.05) is 12.1 Å². The lowest BCUT2D eigenvalue weighted by Gasteiger charge is -2.26. The summed E-state index contributed by atoms with van der Waals surface area (Å²) in [6.07, 6.45) is 0.304. The SMILES string of the molecule is COC(=O)C1Cc2ccccc2N1C(=O)CN1C(=O)NC(C)(c2ccc(OC)cc2)C1=O. The molecule has 2 heterocycles. The van der Waals surface area contributed by atoms with E-state index in [1.165, 1.54) is 19.1 Å². The van der Waals surface area contributed by atoms with Crippen molar-refractivity contribution in [1.82, 2.24) is 10.2 Å². The molecule has 4 rings (SSSR count). The van der Waals surface area contributed by atoms with Crippen molar-refractivity contribution in [3.05, 3.63) is 59.7 Å². The van der Waals surface area contributed by atoms with Gasteiger partial charge in [0.1, 0.15) is 23.9 Å². The zero-order valence-electron chi connectivity index (χ0n) is 18.0. The van der Waals surface area contributed by atoms with Gasteiger partial charge in [-0.1, -0.05) is 30.3 Å². The topological polar surface area (TPSA) is 105 Å².